The lowest BCUT2D eigenvalue weighted by Crippen LogP contribution is -2.07. The lowest BCUT2D eigenvalue weighted by Gasteiger charge is -2.10. The molecule has 0 bridgehead atoms. The van der Waals surface area contributed by atoms with Crippen molar-refractivity contribution in [3.63, 3.8) is 0 Å². The van der Waals surface area contributed by atoms with E-state index in [1.807, 2.05) is 0 Å². The molecule has 0 amide bonds. The summed E-state index contributed by atoms with van der Waals surface area (Å²) in [5.41, 5.74) is 1.05. The van der Waals surface area contributed by atoms with E-state index in [0.717, 1.165) is 41.9 Å². The normalized spacial score (nSPS) is 11.2. The number of hydrogen-bond donors (Lipinski definition) is 1. The Morgan fingerprint density at radius 3 is 2.08 bits per heavy atom. The van der Waals surface area contributed by atoms with E-state index in [2.05, 4.69) is 48.4 Å². The van der Waals surface area contributed by atoms with Crippen molar-refractivity contribution in [2.45, 2.75) is 90.9 Å². The first kappa shape index (κ1) is 20.7. The first-order chi connectivity index (χ1) is 12.8. The van der Waals surface area contributed by atoms with Crippen LogP contribution in [0.4, 0.5) is 5.82 Å². The Balaban J connectivity index is 1.68. The minimum atomic E-state index is 0.942. The maximum Gasteiger partial charge on any atom is 0.137 e. The van der Waals surface area contributed by atoms with Crippen LogP contribution in [0.3, 0.4) is 0 Å². The van der Waals surface area contributed by atoms with Crippen molar-refractivity contribution in [1.82, 2.24) is 9.97 Å². The second-order valence-corrected chi connectivity index (χ2v) is 7.36. The van der Waals surface area contributed by atoms with Gasteiger partial charge < -0.3 is 5.32 Å². The summed E-state index contributed by atoms with van der Waals surface area (Å²) in [5.74, 6) is 1.96. The van der Waals surface area contributed by atoms with Gasteiger partial charge in [-0.1, -0.05) is 83.8 Å². The fraction of sp³-hybridized carbons (Fsp3) is 0.652. The van der Waals surface area contributed by atoms with Gasteiger partial charge in [0.1, 0.15) is 11.6 Å². The van der Waals surface area contributed by atoms with Crippen LogP contribution in [-0.4, -0.2) is 16.5 Å². The van der Waals surface area contributed by atoms with Crippen molar-refractivity contribution >= 4 is 16.7 Å². The lowest BCUT2D eigenvalue weighted by molar-refractivity contribution is 0.560. The molecule has 1 N–H and O–H groups in total. The molecule has 26 heavy (non-hydrogen) atoms. The van der Waals surface area contributed by atoms with Crippen molar-refractivity contribution in [1.29, 1.82) is 0 Å². The van der Waals surface area contributed by atoms with Gasteiger partial charge in [-0.2, -0.15) is 0 Å². The summed E-state index contributed by atoms with van der Waals surface area (Å²) in [6, 6.07) is 8.32. The van der Waals surface area contributed by atoms with Crippen molar-refractivity contribution in [2.75, 3.05) is 11.9 Å². The SMILES string of the molecule is CCCCCCCCCCCCNc1nc(CCC)nc2ccccc12. The average Bonchev–Trinajstić information content (AvgIpc) is 2.66. The zero-order chi connectivity index (χ0) is 18.5. The highest BCUT2D eigenvalue weighted by atomic mass is 15.0. The third kappa shape index (κ3) is 7.31. The molecular formula is C23H37N3. The molecule has 1 aromatic carbocycles. The third-order valence-electron chi connectivity index (χ3n) is 4.95. The quantitative estimate of drug-likeness (QED) is 0.374. The monoisotopic (exact) mass is 355 g/mol. The third-order valence-corrected chi connectivity index (χ3v) is 4.95. The molecule has 0 aliphatic carbocycles. The first-order valence-corrected chi connectivity index (χ1v) is 10.8. The van der Waals surface area contributed by atoms with Gasteiger partial charge >= 0.3 is 0 Å². The number of unbranched alkanes of at least 4 members (excludes halogenated alkanes) is 9. The van der Waals surface area contributed by atoms with Gasteiger partial charge in [-0.15, -0.1) is 0 Å². The molecule has 0 atom stereocenters. The molecule has 0 saturated heterocycles. The molecule has 0 spiro atoms. The molecule has 3 nitrogen and oxygen atoms in total. The van der Waals surface area contributed by atoms with E-state index in [9.17, 15) is 0 Å². The molecule has 0 aliphatic rings. The van der Waals surface area contributed by atoms with Gasteiger partial charge in [-0.25, -0.2) is 9.97 Å². The maximum absolute atomic E-state index is 4.75. The largest absolute Gasteiger partial charge is 0.369 e. The topological polar surface area (TPSA) is 37.8 Å². The minimum Gasteiger partial charge on any atom is -0.369 e. The number of nitrogens with one attached hydrogen (secondary N) is 1. The summed E-state index contributed by atoms with van der Waals surface area (Å²) in [4.78, 5) is 9.43. The molecule has 1 heterocycles. The van der Waals surface area contributed by atoms with Crippen LogP contribution in [0.25, 0.3) is 10.9 Å². The van der Waals surface area contributed by atoms with E-state index in [0.29, 0.717) is 0 Å². The van der Waals surface area contributed by atoms with Crippen LogP contribution in [0.1, 0.15) is 90.3 Å². The van der Waals surface area contributed by atoms with Crippen LogP contribution in [0, 0.1) is 0 Å². The lowest BCUT2D eigenvalue weighted by atomic mass is 10.1. The molecule has 0 fully saturated rings. The Labute approximate surface area is 160 Å². The number of aryl methyl sites for hydroxylation is 1. The van der Waals surface area contributed by atoms with Crippen LogP contribution >= 0.6 is 0 Å². The predicted octanol–water partition coefficient (Wildman–Crippen LogP) is 6.92. The summed E-state index contributed by atoms with van der Waals surface area (Å²) in [6.07, 6.45) is 15.7. The van der Waals surface area contributed by atoms with Crippen LogP contribution in [0.5, 0.6) is 0 Å². The summed E-state index contributed by atoms with van der Waals surface area (Å²) in [7, 11) is 0. The Bertz CT molecular complexity index is 624. The molecule has 2 aromatic rings. The summed E-state index contributed by atoms with van der Waals surface area (Å²) < 4.78 is 0. The minimum absolute atomic E-state index is 0.942. The number of rotatable bonds is 14. The molecule has 0 aliphatic heterocycles. The molecule has 0 saturated carbocycles. The number of anilines is 1. The van der Waals surface area contributed by atoms with Crippen LogP contribution in [0.15, 0.2) is 24.3 Å². The van der Waals surface area contributed by atoms with Crippen LogP contribution in [0.2, 0.25) is 0 Å². The van der Waals surface area contributed by atoms with E-state index >= 15 is 0 Å². The van der Waals surface area contributed by atoms with Gasteiger partial charge in [-0.3, -0.25) is 0 Å². The zero-order valence-corrected chi connectivity index (χ0v) is 16.9. The summed E-state index contributed by atoms with van der Waals surface area (Å²) in [6.45, 7) is 5.46. The number of para-hydroxylation sites is 1. The average molecular weight is 356 g/mol. The molecule has 0 radical (unpaired) electrons. The molecular weight excluding hydrogens is 318 g/mol. The van der Waals surface area contributed by atoms with Gasteiger partial charge in [-0.05, 0) is 25.0 Å². The van der Waals surface area contributed by atoms with E-state index in [1.165, 1.54) is 64.2 Å². The summed E-state index contributed by atoms with van der Waals surface area (Å²) >= 11 is 0. The smallest absolute Gasteiger partial charge is 0.137 e. The van der Waals surface area contributed by atoms with Crippen molar-refractivity contribution in [2.24, 2.45) is 0 Å². The Kier molecular flexibility index (Phi) is 10.1. The molecule has 2 rings (SSSR count). The number of benzene rings is 1. The molecule has 3 heteroatoms. The fourth-order valence-corrected chi connectivity index (χ4v) is 3.41. The van der Waals surface area contributed by atoms with E-state index in [1.54, 1.807) is 0 Å². The molecule has 144 valence electrons. The zero-order valence-electron chi connectivity index (χ0n) is 16.9. The number of nitrogens with zero attached hydrogens (tertiary/aromatic N) is 2. The van der Waals surface area contributed by atoms with Gasteiger partial charge in [0.2, 0.25) is 0 Å². The second-order valence-electron chi connectivity index (χ2n) is 7.36. The fourth-order valence-electron chi connectivity index (χ4n) is 3.41. The maximum atomic E-state index is 4.75. The van der Waals surface area contributed by atoms with E-state index in [-0.39, 0.29) is 0 Å². The van der Waals surface area contributed by atoms with E-state index < -0.39 is 0 Å². The highest BCUT2D eigenvalue weighted by molar-refractivity contribution is 5.88. The number of fused-ring (bicyclic) bond motifs is 1. The predicted molar refractivity (Wildman–Crippen MR) is 114 cm³/mol. The highest BCUT2D eigenvalue weighted by Crippen LogP contribution is 2.20. The standard InChI is InChI=1S/C23H37N3/c1-3-5-6-7-8-9-10-11-12-15-19-24-23-20-17-13-14-18-21(20)25-22(26-23)16-4-2/h13-14,17-18H,3-12,15-16,19H2,1-2H3,(H,24,25,26). The van der Waals surface area contributed by atoms with Gasteiger partial charge in [0.15, 0.2) is 0 Å². The number of aromatic nitrogens is 2. The highest BCUT2D eigenvalue weighted by Gasteiger charge is 2.06. The molecule has 1 aromatic heterocycles. The molecule has 0 unspecified atom stereocenters. The van der Waals surface area contributed by atoms with Crippen LogP contribution < -0.4 is 5.32 Å². The van der Waals surface area contributed by atoms with Gasteiger partial charge in [0, 0.05) is 18.4 Å². The van der Waals surface area contributed by atoms with Gasteiger partial charge in [0.05, 0.1) is 5.52 Å². The summed E-state index contributed by atoms with van der Waals surface area (Å²) in [5, 5.41) is 4.70. The van der Waals surface area contributed by atoms with Gasteiger partial charge in [0.25, 0.3) is 0 Å². The van der Waals surface area contributed by atoms with Crippen molar-refractivity contribution in [3.8, 4) is 0 Å². The number of hydrogen-bond acceptors (Lipinski definition) is 3. The van der Waals surface area contributed by atoms with E-state index in [4.69, 9.17) is 4.98 Å². The van der Waals surface area contributed by atoms with Crippen LogP contribution in [-0.2, 0) is 6.42 Å². The first-order valence-electron chi connectivity index (χ1n) is 10.8. The Morgan fingerprint density at radius 1 is 0.731 bits per heavy atom. The Hall–Kier alpha value is -1.64. The second kappa shape index (κ2) is 12.7. The van der Waals surface area contributed by atoms with Crippen molar-refractivity contribution in [3.05, 3.63) is 30.1 Å². The van der Waals surface area contributed by atoms with Crippen molar-refractivity contribution < 1.29 is 0 Å². The Morgan fingerprint density at radius 2 is 1.38 bits per heavy atom.